The van der Waals surface area contributed by atoms with Gasteiger partial charge in [-0.15, -0.1) is 0 Å². The van der Waals surface area contributed by atoms with Crippen LogP contribution in [-0.4, -0.2) is 41.0 Å². The van der Waals surface area contributed by atoms with Gasteiger partial charge in [-0.05, 0) is 37.5 Å². The van der Waals surface area contributed by atoms with Crippen molar-refractivity contribution in [2.24, 2.45) is 0 Å². The van der Waals surface area contributed by atoms with Crippen LogP contribution in [-0.2, 0) is 16.0 Å². The van der Waals surface area contributed by atoms with Gasteiger partial charge in [-0.25, -0.2) is 0 Å². The van der Waals surface area contributed by atoms with E-state index in [0.29, 0.717) is 13.0 Å². The monoisotopic (exact) mass is 290 g/mol. The SMILES string of the molecule is CC(CCN1CCCC1=O)NC(=O)Cc1cccc(O)c1. The highest BCUT2D eigenvalue weighted by atomic mass is 16.3. The lowest BCUT2D eigenvalue weighted by Crippen LogP contribution is -2.37. The Hall–Kier alpha value is -2.04. The topological polar surface area (TPSA) is 69.6 Å². The Morgan fingerprint density at radius 1 is 1.48 bits per heavy atom. The van der Waals surface area contributed by atoms with Crippen LogP contribution in [0.15, 0.2) is 24.3 Å². The normalized spacial score (nSPS) is 16.0. The molecule has 2 amide bonds. The van der Waals surface area contributed by atoms with Gasteiger partial charge in [0.1, 0.15) is 5.75 Å². The highest BCUT2D eigenvalue weighted by molar-refractivity contribution is 5.79. The number of benzene rings is 1. The largest absolute Gasteiger partial charge is 0.508 e. The van der Waals surface area contributed by atoms with Crippen molar-refractivity contribution in [1.29, 1.82) is 0 Å². The maximum absolute atomic E-state index is 11.9. The number of nitrogens with zero attached hydrogens (tertiary/aromatic N) is 1. The zero-order valence-corrected chi connectivity index (χ0v) is 12.3. The van der Waals surface area contributed by atoms with E-state index in [2.05, 4.69) is 5.32 Å². The first-order valence-corrected chi connectivity index (χ1v) is 7.39. The third kappa shape index (κ3) is 4.77. The van der Waals surface area contributed by atoms with Gasteiger partial charge in [-0.2, -0.15) is 0 Å². The molecule has 1 saturated heterocycles. The zero-order chi connectivity index (χ0) is 15.2. The Bertz CT molecular complexity index is 516. The molecule has 0 saturated carbocycles. The van der Waals surface area contributed by atoms with E-state index < -0.39 is 0 Å². The van der Waals surface area contributed by atoms with Gasteiger partial charge in [0.25, 0.3) is 0 Å². The quantitative estimate of drug-likeness (QED) is 0.833. The van der Waals surface area contributed by atoms with Crippen LogP contribution in [0.25, 0.3) is 0 Å². The fourth-order valence-electron chi connectivity index (χ4n) is 2.54. The Morgan fingerprint density at radius 2 is 2.29 bits per heavy atom. The first kappa shape index (κ1) is 15.4. The fraction of sp³-hybridized carbons (Fsp3) is 0.500. The maximum Gasteiger partial charge on any atom is 0.224 e. The summed E-state index contributed by atoms with van der Waals surface area (Å²) in [5.74, 6) is 0.315. The van der Waals surface area contributed by atoms with Crippen molar-refractivity contribution in [2.45, 2.75) is 38.6 Å². The van der Waals surface area contributed by atoms with Gasteiger partial charge >= 0.3 is 0 Å². The van der Waals surface area contributed by atoms with E-state index in [1.807, 2.05) is 17.9 Å². The van der Waals surface area contributed by atoms with Crippen LogP contribution in [0.1, 0.15) is 31.7 Å². The van der Waals surface area contributed by atoms with E-state index in [1.165, 1.54) is 0 Å². The summed E-state index contributed by atoms with van der Waals surface area (Å²) in [7, 11) is 0. The molecule has 0 spiro atoms. The third-order valence-electron chi connectivity index (χ3n) is 3.69. The van der Waals surface area contributed by atoms with Crippen LogP contribution in [0.5, 0.6) is 5.75 Å². The molecule has 21 heavy (non-hydrogen) atoms. The van der Waals surface area contributed by atoms with Gasteiger partial charge in [-0.1, -0.05) is 12.1 Å². The van der Waals surface area contributed by atoms with Crippen LogP contribution in [0.4, 0.5) is 0 Å². The molecule has 2 N–H and O–H groups in total. The van der Waals surface area contributed by atoms with Crippen LogP contribution in [0, 0.1) is 0 Å². The standard InChI is InChI=1S/C16H22N2O3/c1-12(7-9-18-8-3-6-16(18)21)17-15(20)11-13-4-2-5-14(19)10-13/h2,4-5,10,12,19H,3,6-9,11H2,1H3,(H,17,20). The number of amides is 2. The number of phenols is 1. The summed E-state index contributed by atoms with van der Waals surface area (Å²) in [4.78, 5) is 25.3. The van der Waals surface area contributed by atoms with Gasteiger partial charge < -0.3 is 15.3 Å². The molecule has 0 aromatic heterocycles. The number of carbonyl (C=O) groups excluding carboxylic acids is 2. The van der Waals surface area contributed by atoms with E-state index in [-0.39, 0.29) is 30.0 Å². The smallest absolute Gasteiger partial charge is 0.224 e. The molecule has 1 aliphatic heterocycles. The number of rotatable bonds is 6. The molecule has 1 unspecified atom stereocenters. The van der Waals surface area contributed by atoms with Crippen molar-refractivity contribution in [3.05, 3.63) is 29.8 Å². The van der Waals surface area contributed by atoms with E-state index in [1.54, 1.807) is 18.2 Å². The number of carbonyl (C=O) groups is 2. The summed E-state index contributed by atoms with van der Waals surface area (Å²) >= 11 is 0. The number of phenolic OH excluding ortho intramolecular Hbond substituents is 1. The van der Waals surface area contributed by atoms with Crippen LogP contribution >= 0.6 is 0 Å². The summed E-state index contributed by atoms with van der Waals surface area (Å²) < 4.78 is 0. The molecule has 1 atom stereocenters. The van der Waals surface area contributed by atoms with Gasteiger partial charge in [0.05, 0.1) is 6.42 Å². The Labute approximate surface area is 125 Å². The summed E-state index contributed by atoms with van der Waals surface area (Å²) in [5, 5.41) is 12.3. The molecule has 5 heteroatoms. The average molecular weight is 290 g/mol. The molecule has 0 radical (unpaired) electrons. The van der Waals surface area contributed by atoms with Crippen LogP contribution in [0.2, 0.25) is 0 Å². The lowest BCUT2D eigenvalue weighted by atomic mass is 10.1. The first-order chi connectivity index (χ1) is 10.0. The van der Waals surface area contributed by atoms with Crippen LogP contribution in [0.3, 0.4) is 0 Å². The predicted molar refractivity (Wildman–Crippen MR) is 79.8 cm³/mol. The lowest BCUT2D eigenvalue weighted by molar-refractivity contribution is -0.127. The summed E-state index contributed by atoms with van der Waals surface area (Å²) in [6.07, 6.45) is 2.61. The second kappa shape index (κ2) is 7.11. The Morgan fingerprint density at radius 3 is 2.95 bits per heavy atom. The number of aromatic hydroxyl groups is 1. The van der Waals surface area contributed by atoms with Gasteiger partial charge in [0.15, 0.2) is 0 Å². The molecular weight excluding hydrogens is 268 g/mol. The molecular formula is C16H22N2O3. The Balaban J connectivity index is 1.73. The minimum Gasteiger partial charge on any atom is -0.508 e. The maximum atomic E-state index is 11.9. The molecule has 0 bridgehead atoms. The van der Waals surface area contributed by atoms with Gasteiger partial charge in [0.2, 0.25) is 11.8 Å². The van der Waals surface area contributed by atoms with E-state index in [4.69, 9.17) is 0 Å². The fourth-order valence-corrected chi connectivity index (χ4v) is 2.54. The Kier molecular flexibility index (Phi) is 5.20. The molecule has 1 aromatic carbocycles. The molecule has 1 heterocycles. The third-order valence-corrected chi connectivity index (χ3v) is 3.69. The molecule has 5 nitrogen and oxygen atoms in total. The van der Waals surface area contributed by atoms with Crippen molar-refractivity contribution < 1.29 is 14.7 Å². The summed E-state index contributed by atoms with van der Waals surface area (Å²) in [6.45, 7) is 3.48. The molecule has 114 valence electrons. The molecule has 1 fully saturated rings. The highest BCUT2D eigenvalue weighted by Gasteiger charge is 2.20. The minimum atomic E-state index is -0.0687. The second-order valence-electron chi connectivity index (χ2n) is 5.59. The van der Waals surface area contributed by atoms with E-state index in [0.717, 1.165) is 24.9 Å². The average Bonchev–Trinajstić information content (AvgIpc) is 2.81. The van der Waals surface area contributed by atoms with E-state index >= 15 is 0 Å². The summed E-state index contributed by atoms with van der Waals surface area (Å²) in [6, 6.07) is 6.74. The lowest BCUT2D eigenvalue weighted by Gasteiger charge is -2.19. The molecule has 2 rings (SSSR count). The molecule has 1 aliphatic rings. The number of nitrogens with one attached hydrogen (secondary N) is 1. The van der Waals surface area contributed by atoms with Crippen molar-refractivity contribution >= 4 is 11.8 Å². The molecule has 0 aliphatic carbocycles. The van der Waals surface area contributed by atoms with Gasteiger partial charge in [-0.3, -0.25) is 9.59 Å². The van der Waals surface area contributed by atoms with E-state index in [9.17, 15) is 14.7 Å². The number of likely N-dealkylation sites (tertiary alicyclic amines) is 1. The molecule has 1 aromatic rings. The first-order valence-electron chi connectivity index (χ1n) is 7.39. The minimum absolute atomic E-state index is 0.0307. The van der Waals surface area contributed by atoms with Crippen molar-refractivity contribution in [1.82, 2.24) is 10.2 Å². The van der Waals surface area contributed by atoms with Gasteiger partial charge in [0, 0.05) is 25.6 Å². The highest BCUT2D eigenvalue weighted by Crippen LogP contribution is 2.12. The second-order valence-corrected chi connectivity index (χ2v) is 5.59. The number of hydrogen-bond acceptors (Lipinski definition) is 3. The van der Waals surface area contributed by atoms with Crippen molar-refractivity contribution in [3.63, 3.8) is 0 Å². The number of hydrogen-bond donors (Lipinski definition) is 2. The predicted octanol–water partition coefficient (Wildman–Crippen LogP) is 1.45. The zero-order valence-electron chi connectivity index (χ0n) is 12.3. The van der Waals surface area contributed by atoms with Crippen molar-refractivity contribution in [3.8, 4) is 5.75 Å². The van der Waals surface area contributed by atoms with Crippen LogP contribution < -0.4 is 5.32 Å². The summed E-state index contributed by atoms with van der Waals surface area (Å²) in [5.41, 5.74) is 0.787. The van der Waals surface area contributed by atoms with Crippen molar-refractivity contribution in [2.75, 3.05) is 13.1 Å².